The highest BCUT2D eigenvalue weighted by Gasteiger charge is 2.15. The quantitative estimate of drug-likeness (QED) is 0.662. The average Bonchev–Trinajstić information content (AvgIpc) is 3.06. The number of amides is 2. The van der Waals surface area contributed by atoms with Crippen LogP contribution in [0.25, 0.3) is 0 Å². The van der Waals surface area contributed by atoms with Crippen molar-refractivity contribution >= 4 is 46.4 Å². The number of nitrogens with zero attached hydrogens (tertiary/aromatic N) is 1. The van der Waals surface area contributed by atoms with E-state index in [1.165, 1.54) is 35.5 Å². The Kier molecular flexibility index (Phi) is 7.10. The highest BCUT2D eigenvalue weighted by molar-refractivity contribution is 7.11. The van der Waals surface area contributed by atoms with Crippen LogP contribution < -0.4 is 10.6 Å². The average molecular weight is 426 g/mol. The largest absolute Gasteiger partial charge is 0.355 e. The van der Waals surface area contributed by atoms with Crippen LogP contribution in [0.5, 0.6) is 0 Å². The van der Waals surface area contributed by atoms with Crippen LogP contribution in [0.3, 0.4) is 0 Å². The molecule has 3 rings (SSSR count). The third-order valence-electron chi connectivity index (χ3n) is 4.36. The molecule has 1 heterocycles. The van der Waals surface area contributed by atoms with E-state index in [9.17, 15) is 9.59 Å². The summed E-state index contributed by atoms with van der Waals surface area (Å²) in [4.78, 5) is 30.1. The normalized spacial score (nSPS) is 13.1. The van der Waals surface area contributed by atoms with Crippen molar-refractivity contribution in [3.8, 4) is 0 Å². The van der Waals surface area contributed by atoms with Gasteiger partial charge in [-0.05, 0) is 50.3 Å². The van der Waals surface area contributed by atoms with Crippen LogP contribution in [0.4, 0.5) is 0 Å². The lowest BCUT2D eigenvalue weighted by molar-refractivity contribution is -0.120. The summed E-state index contributed by atoms with van der Waals surface area (Å²) in [5.41, 5.74) is 1.57. The molecule has 1 aromatic heterocycles. The van der Waals surface area contributed by atoms with Gasteiger partial charge in [0, 0.05) is 22.9 Å². The van der Waals surface area contributed by atoms with Gasteiger partial charge in [-0.25, -0.2) is 4.98 Å². The van der Waals surface area contributed by atoms with E-state index in [2.05, 4.69) is 10.6 Å². The first-order valence-electron chi connectivity index (χ1n) is 9.00. The number of fused-ring (bicyclic) bond motifs is 1. The maximum Gasteiger partial charge on any atom is 0.253 e. The lowest BCUT2D eigenvalue weighted by atomic mass is 10.0. The predicted molar refractivity (Wildman–Crippen MR) is 109 cm³/mol. The van der Waals surface area contributed by atoms with Gasteiger partial charge in [0.05, 0.1) is 27.8 Å². The molecule has 2 N–H and O–H groups in total. The van der Waals surface area contributed by atoms with E-state index < -0.39 is 5.91 Å². The molecule has 0 unspecified atom stereocenters. The molecule has 0 saturated carbocycles. The third-order valence-corrected chi connectivity index (χ3v) is 6.13. The van der Waals surface area contributed by atoms with Crippen molar-refractivity contribution in [1.82, 2.24) is 15.6 Å². The van der Waals surface area contributed by atoms with Crippen LogP contribution in [0.1, 0.15) is 45.2 Å². The maximum atomic E-state index is 12.1. The Bertz CT molecular complexity index is 815. The number of nitrogens with one attached hydrogen (secondary N) is 2. The molecule has 144 valence electrons. The molecule has 0 aliphatic heterocycles. The molecule has 0 fully saturated rings. The minimum atomic E-state index is -0.403. The van der Waals surface area contributed by atoms with E-state index in [4.69, 9.17) is 28.2 Å². The third kappa shape index (κ3) is 5.67. The predicted octanol–water partition coefficient (Wildman–Crippen LogP) is 3.81. The van der Waals surface area contributed by atoms with Gasteiger partial charge >= 0.3 is 0 Å². The number of rotatable bonds is 7. The molecule has 0 bridgehead atoms. The van der Waals surface area contributed by atoms with Crippen molar-refractivity contribution in [2.24, 2.45) is 0 Å². The summed E-state index contributed by atoms with van der Waals surface area (Å²) in [5, 5.41) is 7.24. The van der Waals surface area contributed by atoms with Crippen molar-refractivity contribution in [1.29, 1.82) is 0 Å². The monoisotopic (exact) mass is 425 g/mol. The summed E-state index contributed by atoms with van der Waals surface area (Å²) in [6, 6.07) is 4.61. The Balaban J connectivity index is 1.36. The van der Waals surface area contributed by atoms with Gasteiger partial charge in [-0.3, -0.25) is 9.59 Å². The fraction of sp³-hybridized carbons (Fsp3) is 0.421. The molecule has 5 nitrogen and oxygen atoms in total. The van der Waals surface area contributed by atoms with Gasteiger partial charge in [-0.2, -0.15) is 0 Å². The zero-order valence-electron chi connectivity index (χ0n) is 14.8. The van der Waals surface area contributed by atoms with E-state index in [1.807, 2.05) is 0 Å². The van der Waals surface area contributed by atoms with Crippen LogP contribution >= 0.6 is 34.5 Å². The van der Waals surface area contributed by atoms with Gasteiger partial charge in [0.1, 0.15) is 0 Å². The second-order valence-corrected chi connectivity index (χ2v) is 8.46. The van der Waals surface area contributed by atoms with E-state index >= 15 is 0 Å². The highest BCUT2D eigenvalue weighted by atomic mass is 35.5. The van der Waals surface area contributed by atoms with Crippen LogP contribution in [0, 0.1) is 0 Å². The topological polar surface area (TPSA) is 71.1 Å². The van der Waals surface area contributed by atoms with Crippen molar-refractivity contribution in [3.05, 3.63) is 49.4 Å². The molecule has 2 aromatic rings. The summed E-state index contributed by atoms with van der Waals surface area (Å²) in [7, 11) is 0. The molecule has 1 aliphatic rings. The van der Waals surface area contributed by atoms with Crippen molar-refractivity contribution in [3.63, 3.8) is 0 Å². The number of carbonyl (C=O) groups is 2. The smallest absolute Gasteiger partial charge is 0.253 e. The van der Waals surface area contributed by atoms with E-state index in [1.54, 1.807) is 17.4 Å². The number of hydrogen-bond acceptors (Lipinski definition) is 4. The van der Waals surface area contributed by atoms with E-state index in [-0.39, 0.29) is 17.5 Å². The highest BCUT2D eigenvalue weighted by Crippen LogP contribution is 2.27. The summed E-state index contributed by atoms with van der Waals surface area (Å²) in [6.45, 7) is 0.462. The van der Waals surface area contributed by atoms with Crippen molar-refractivity contribution < 1.29 is 9.59 Å². The van der Waals surface area contributed by atoms with Crippen LogP contribution in [0.15, 0.2) is 18.2 Å². The number of benzene rings is 1. The molecular weight excluding hydrogens is 405 g/mol. The van der Waals surface area contributed by atoms with Crippen molar-refractivity contribution in [2.75, 3.05) is 13.1 Å². The minimum absolute atomic E-state index is 0.0939. The van der Waals surface area contributed by atoms with Gasteiger partial charge in [0.2, 0.25) is 5.91 Å². The van der Waals surface area contributed by atoms with Gasteiger partial charge in [-0.15, -0.1) is 11.3 Å². The fourth-order valence-corrected chi connectivity index (χ4v) is 4.66. The fourth-order valence-electron chi connectivity index (χ4n) is 2.97. The van der Waals surface area contributed by atoms with E-state index in [0.717, 1.165) is 30.7 Å². The Morgan fingerprint density at radius 3 is 2.74 bits per heavy atom. The molecule has 1 aliphatic carbocycles. The number of hydrogen-bond donors (Lipinski definition) is 2. The Labute approximate surface area is 172 Å². The van der Waals surface area contributed by atoms with E-state index in [0.29, 0.717) is 17.1 Å². The number of carbonyl (C=O) groups excluding carboxylic acids is 2. The van der Waals surface area contributed by atoms with Gasteiger partial charge < -0.3 is 10.6 Å². The molecule has 8 heteroatoms. The first-order chi connectivity index (χ1) is 13.0. The lowest BCUT2D eigenvalue weighted by Gasteiger charge is -2.08. The first-order valence-corrected chi connectivity index (χ1v) is 10.6. The van der Waals surface area contributed by atoms with Crippen LogP contribution in [-0.2, 0) is 24.1 Å². The van der Waals surface area contributed by atoms with Gasteiger partial charge in [-0.1, -0.05) is 23.2 Å². The summed E-state index contributed by atoms with van der Waals surface area (Å²) < 4.78 is 0. The standard InChI is InChI=1S/C19H21Cl2N3O2S/c20-12-7-8-13(14(21)10-12)19(26)23-11-17(25)22-9-3-6-18-24-15-4-1-2-5-16(15)27-18/h7-8,10H,1-6,9,11H2,(H,22,25)(H,23,26). The Morgan fingerprint density at radius 2 is 1.96 bits per heavy atom. The second kappa shape index (κ2) is 9.53. The SMILES string of the molecule is O=C(CNC(=O)c1ccc(Cl)cc1Cl)NCCCc1nc2c(s1)CCCC2. The second-order valence-electron chi connectivity index (χ2n) is 6.44. The van der Waals surface area contributed by atoms with Gasteiger partial charge in [0.15, 0.2) is 0 Å². The first kappa shape index (κ1) is 20.1. The summed E-state index contributed by atoms with van der Waals surface area (Å²) >= 11 is 13.6. The van der Waals surface area contributed by atoms with Gasteiger partial charge in [0.25, 0.3) is 5.91 Å². The number of halogens is 2. The maximum absolute atomic E-state index is 12.1. The Morgan fingerprint density at radius 1 is 1.15 bits per heavy atom. The minimum Gasteiger partial charge on any atom is -0.355 e. The summed E-state index contributed by atoms with van der Waals surface area (Å²) in [5.74, 6) is -0.632. The molecule has 0 spiro atoms. The molecule has 0 atom stereocenters. The molecule has 27 heavy (non-hydrogen) atoms. The lowest BCUT2D eigenvalue weighted by Crippen LogP contribution is -2.37. The number of aryl methyl sites for hydroxylation is 3. The van der Waals surface area contributed by atoms with Crippen molar-refractivity contribution in [2.45, 2.75) is 38.5 Å². The van der Waals surface area contributed by atoms with Crippen LogP contribution in [-0.4, -0.2) is 29.9 Å². The number of aromatic nitrogens is 1. The molecule has 0 radical (unpaired) electrons. The molecule has 1 aromatic carbocycles. The molecular formula is C19H21Cl2N3O2S. The van der Waals surface area contributed by atoms with Crippen LogP contribution in [0.2, 0.25) is 10.0 Å². The number of thiazole rings is 1. The summed E-state index contributed by atoms with van der Waals surface area (Å²) in [6.07, 6.45) is 6.44. The zero-order chi connectivity index (χ0) is 19.2. The zero-order valence-corrected chi connectivity index (χ0v) is 17.1. The molecule has 2 amide bonds. The Hall–Kier alpha value is -1.63. The molecule has 0 saturated heterocycles.